The summed E-state index contributed by atoms with van der Waals surface area (Å²) in [5.41, 5.74) is 6.64. The lowest BCUT2D eigenvalue weighted by molar-refractivity contribution is -0.137. The fourth-order valence-electron chi connectivity index (χ4n) is 4.98. The zero-order chi connectivity index (χ0) is 29.5. The molecule has 3 saturated heterocycles. The molecule has 5 rings (SSSR count). The van der Waals surface area contributed by atoms with Crippen LogP contribution >= 0.6 is 0 Å². The summed E-state index contributed by atoms with van der Waals surface area (Å²) in [6, 6.07) is 0. The zero-order valence-electron chi connectivity index (χ0n) is 23.7. The van der Waals surface area contributed by atoms with Crippen LogP contribution in [0.5, 0.6) is 0 Å². The van der Waals surface area contributed by atoms with Crippen molar-refractivity contribution >= 4 is 29.0 Å². The highest BCUT2D eigenvalue weighted by atomic mass is 16.6. The second-order valence-electron chi connectivity index (χ2n) is 9.89. The molecular weight excluding hydrogens is 534 g/mol. The number of likely N-dealkylation sites (tertiary alicyclic amines) is 1. The van der Waals surface area contributed by atoms with Gasteiger partial charge in [-0.25, -0.2) is 19.7 Å². The normalized spacial score (nSPS) is 26.2. The van der Waals surface area contributed by atoms with Gasteiger partial charge in [-0.3, -0.25) is 9.36 Å². The fraction of sp³-hybridized carbons (Fsp3) is 0.667. The molecule has 5 heterocycles. The van der Waals surface area contributed by atoms with Crippen LogP contribution in [0.1, 0.15) is 58.5 Å². The Morgan fingerprint density at radius 3 is 2.63 bits per heavy atom. The molecule has 2 aromatic rings. The number of fused-ring (bicyclic) bond motifs is 1. The molecule has 14 heteroatoms. The largest absolute Gasteiger partial charge is 0.444 e. The number of nitrogens with zero attached hydrogens (tertiary/aromatic N) is 5. The fourth-order valence-corrected chi connectivity index (χ4v) is 4.98. The molecule has 5 atom stereocenters. The highest BCUT2D eigenvalue weighted by molar-refractivity contribution is 5.83. The average molecular weight is 574 g/mol. The molecule has 0 radical (unpaired) electrons. The van der Waals surface area contributed by atoms with Crippen LogP contribution in [0.2, 0.25) is 0 Å². The minimum Gasteiger partial charge on any atom is -0.444 e. The van der Waals surface area contributed by atoms with Gasteiger partial charge in [0.15, 0.2) is 23.8 Å². The van der Waals surface area contributed by atoms with Crippen molar-refractivity contribution in [3.8, 4) is 11.8 Å². The van der Waals surface area contributed by atoms with E-state index < -0.39 is 30.4 Å². The van der Waals surface area contributed by atoms with Gasteiger partial charge in [-0.2, -0.15) is 0 Å². The van der Waals surface area contributed by atoms with Gasteiger partial charge < -0.3 is 40.4 Å². The number of ether oxygens (including phenoxy) is 3. The first-order chi connectivity index (χ1) is 19.9. The van der Waals surface area contributed by atoms with Crippen molar-refractivity contribution in [1.82, 2.24) is 29.7 Å². The first kappa shape index (κ1) is 30.4. The smallest absolute Gasteiger partial charge is 0.410 e. The average Bonchev–Trinajstić information content (AvgIpc) is 3.71. The molecule has 3 fully saturated rings. The summed E-state index contributed by atoms with van der Waals surface area (Å²) in [7, 11) is 0. The van der Waals surface area contributed by atoms with Crippen LogP contribution in [0.25, 0.3) is 11.2 Å². The Kier molecular flexibility index (Phi) is 10.3. The number of aromatic nitrogens is 4. The number of carbonyl (C=O) groups excluding carboxylic acids is 2. The summed E-state index contributed by atoms with van der Waals surface area (Å²) in [5, 5.41) is 23.5. The van der Waals surface area contributed by atoms with Crippen molar-refractivity contribution in [2.75, 3.05) is 38.6 Å². The number of likely N-dealkylation sites (N-methyl/N-ethyl adjacent to an activating group) is 1. The van der Waals surface area contributed by atoms with E-state index in [9.17, 15) is 19.8 Å². The van der Waals surface area contributed by atoms with Crippen molar-refractivity contribution < 1.29 is 34.0 Å². The number of aliphatic hydroxyl groups excluding tert-OH is 2. The molecule has 224 valence electrons. The molecule has 41 heavy (non-hydrogen) atoms. The molecule has 5 N–H and O–H groups in total. The predicted molar refractivity (Wildman–Crippen MR) is 147 cm³/mol. The lowest BCUT2D eigenvalue weighted by Crippen LogP contribution is -2.42. The summed E-state index contributed by atoms with van der Waals surface area (Å²) in [5.74, 6) is 6.14. The number of amides is 2. The maximum atomic E-state index is 12.3. The van der Waals surface area contributed by atoms with Gasteiger partial charge in [-0.05, 0) is 31.6 Å². The maximum Gasteiger partial charge on any atom is 0.410 e. The summed E-state index contributed by atoms with van der Waals surface area (Å²) in [6.45, 7) is 8.41. The van der Waals surface area contributed by atoms with Gasteiger partial charge in [-0.15, -0.1) is 0 Å². The number of rotatable bonds is 5. The molecule has 2 amide bonds. The van der Waals surface area contributed by atoms with Gasteiger partial charge >= 0.3 is 6.09 Å². The summed E-state index contributed by atoms with van der Waals surface area (Å²) < 4.78 is 17.8. The standard InChI is InChI=1S/C25H33N7O7.C2H6/c1-2-27-23(35)20-18(33)19(34)24(39-20)32-13-28-17-21(26)29-16(30-22(17)32)5-3-4-14-6-9-31(10-7-14)25(36)38-15-8-11-37-12-15;1-2/h13-15,18-20,24,33-34H,2,4,6-12H2,1H3,(H,27,35)(H2,26,29,30);1-2H3/t15?,18-,19?,20+,24-;/m1./s1. The Labute approximate surface area is 238 Å². The molecule has 2 unspecified atom stereocenters. The Morgan fingerprint density at radius 2 is 1.95 bits per heavy atom. The Bertz CT molecular complexity index is 1260. The SMILES string of the molecule is CC.CCNC(=O)[C@H]1O[C@@H](n2cnc3c(N)nc(C#CCC4CCN(C(=O)OC5CCOC5)CC4)nc32)C(O)[C@H]1O. The van der Waals surface area contributed by atoms with Crippen LogP contribution in [-0.4, -0.2) is 104 Å². The molecule has 0 bridgehead atoms. The van der Waals surface area contributed by atoms with Crippen LogP contribution in [-0.2, 0) is 19.0 Å². The lowest BCUT2D eigenvalue weighted by Gasteiger charge is -2.31. The molecule has 0 aliphatic carbocycles. The number of nitrogen functional groups attached to an aromatic ring is 1. The highest BCUT2D eigenvalue weighted by Gasteiger charge is 2.47. The maximum absolute atomic E-state index is 12.3. The Balaban J connectivity index is 0.00000189. The van der Waals surface area contributed by atoms with Crippen LogP contribution < -0.4 is 11.1 Å². The number of anilines is 1. The van der Waals surface area contributed by atoms with Crippen LogP contribution in [0.4, 0.5) is 10.6 Å². The number of hydrogen-bond donors (Lipinski definition) is 4. The zero-order valence-corrected chi connectivity index (χ0v) is 23.7. The minimum atomic E-state index is -1.43. The first-order valence-corrected chi connectivity index (χ1v) is 14.2. The van der Waals surface area contributed by atoms with Gasteiger partial charge in [0.1, 0.15) is 23.8 Å². The van der Waals surface area contributed by atoms with Gasteiger partial charge in [-0.1, -0.05) is 19.8 Å². The van der Waals surface area contributed by atoms with Crippen molar-refractivity contribution in [2.24, 2.45) is 5.92 Å². The molecule has 0 saturated carbocycles. The topological polar surface area (TPSA) is 187 Å². The van der Waals surface area contributed by atoms with Gasteiger partial charge in [0.2, 0.25) is 5.82 Å². The Hall–Kier alpha value is -3.51. The van der Waals surface area contributed by atoms with E-state index in [-0.39, 0.29) is 35.0 Å². The number of nitrogens with two attached hydrogens (primary N) is 1. The number of carbonyl (C=O) groups is 2. The van der Waals surface area contributed by atoms with Crippen molar-refractivity contribution in [1.29, 1.82) is 0 Å². The highest BCUT2D eigenvalue weighted by Crippen LogP contribution is 2.32. The van der Waals surface area contributed by atoms with Gasteiger partial charge in [0.05, 0.1) is 19.5 Å². The van der Waals surface area contributed by atoms with E-state index in [4.69, 9.17) is 19.9 Å². The number of piperidine rings is 1. The molecule has 0 spiro atoms. The molecule has 2 aromatic heterocycles. The summed E-state index contributed by atoms with van der Waals surface area (Å²) >= 11 is 0. The van der Waals surface area contributed by atoms with Crippen LogP contribution in [0.3, 0.4) is 0 Å². The van der Waals surface area contributed by atoms with Crippen molar-refractivity contribution in [3.05, 3.63) is 12.2 Å². The molecule has 3 aliphatic rings. The number of nitrogens with one attached hydrogen (secondary N) is 1. The lowest BCUT2D eigenvalue weighted by atomic mass is 9.94. The monoisotopic (exact) mass is 573 g/mol. The summed E-state index contributed by atoms with van der Waals surface area (Å²) in [4.78, 5) is 39.2. The van der Waals surface area contributed by atoms with E-state index in [1.54, 1.807) is 11.8 Å². The third kappa shape index (κ3) is 6.87. The third-order valence-electron chi connectivity index (χ3n) is 7.19. The first-order valence-electron chi connectivity index (χ1n) is 14.2. The molecule has 14 nitrogen and oxygen atoms in total. The quantitative estimate of drug-likeness (QED) is 0.366. The van der Waals surface area contributed by atoms with E-state index in [0.29, 0.717) is 45.2 Å². The van der Waals surface area contributed by atoms with Crippen molar-refractivity contribution in [3.63, 3.8) is 0 Å². The molecular formula is C27H39N7O7. The van der Waals surface area contributed by atoms with Crippen LogP contribution in [0.15, 0.2) is 6.33 Å². The second kappa shape index (κ2) is 13.9. The van der Waals surface area contributed by atoms with E-state index in [1.807, 2.05) is 13.8 Å². The summed E-state index contributed by atoms with van der Waals surface area (Å²) in [6.07, 6.45) is -1.28. The Morgan fingerprint density at radius 1 is 1.20 bits per heavy atom. The van der Waals surface area contributed by atoms with E-state index >= 15 is 0 Å². The predicted octanol–water partition coefficient (Wildman–Crippen LogP) is 0.569. The second-order valence-corrected chi connectivity index (χ2v) is 9.89. The van der Waals surface area contributed by atoms with Gasteiger partial charge in [0.25, 0.3) is 5.91 Å². The van der Waals surface area contributed by atoms with Gasteiger partial charge in [0, 0.05) is 32.5 Å². The van der Waals surface area contributed by atoms with E-state index in [1.165, 1.54) is 10.9 Å². The number of aliphatic hydroxyl groups is 2. The van der Waals surface area contributed by atoms with Crippen molar-refractivity contribution in [2.45, 2.75) is 77.1 Å². The minimum absolute atomic E-state index is 0.107. The third-order valence-corrected chi connectivity index (χ3v) is 7.19. The van der Waals surface area contributed by atoms with E-state index in [2.05, 4.69) is 32.1 Å². The molecule has 0 aromatic carbocycles. The molecule has 3 aliphatic heterocycles. The number of imidazole rings is 1. The van der Waals surface area contributed by atoms with Crippen LogP contribution in [0, 0.1) is 17.8 Å². The van der Waals surface area contributed by atoms with E-state index in [0.717, 1.165) is 19.3 Å². The number of hydrogen-bond acceptors (Lipinski definition) is 11.